The number of ether oxygens (including phenoxy) is 1. The summed E-state index contributed by atoms with van der Waals surface area (Å²) in [5, 5.41) is 0. The Labute approximate surface area is 132 Å². The zero-order valence-corrected chi connectivity index (χ0v) is 13.0. The van der Waals surface area contributed by atoms with Crippen LogP contribution in [0.5, 0.6) is 0 Å². The zero-order chi connectivity index (χ0) is 16.4. The molecule has 0 spiro atoms. The highest BCUT2D eigenvalue weighted by Gasteiger charge is 2.14. The van der Waals surface area contributed by atoms with Gasteiger partial charge in [-0.25, -0.2) is 18.2 Å². The quantitative estimate of drug-likeness (QED) is 0.683. The van der Waals surface area contributed by atoms with Gasteiger partial charge in [0.25, 0.3) is 0 Å². The van der Waals surface area contributed by atoms with Crippen LogP contribution in [0.3, 0.4) is 0 Å². The minimum Gasteiger partial charge on any atom is -0.452 e. The van der Waals surface area contributed by atoms with Crippen molar-refractivity contribution in [3.63, 3.8) is 0 Å². The van der Waals surface area contributed by atoms with Crippen LogP contribution in [-0.2, 0) is 21.2 Å². The molecule has 0 saturated carbocycles. The van der Waals surface area contributed by atoms with Crippen molar-refractivity contribution >= 4 is 26.9 Å². The van der Waals surface area contributed by atoms with E-state index in [0.717, 1.165) is 6.26 Å². The summed E-state index contributed by atoms with van der Waals surface area (Å²) in [5.41, 5.74) is 1.44. The molecule has 0 aliphatic heterocycles. The van der Waals surface area contributed by atoms with E-state index in [-0.39, 0.29) is 23.0 Å². The third-order valence-corrected chi connectivity index (χ3v) is 4.27. The van der Waals surface area contributed by atoms with Gasteiger partial charge >= 0.3 is 5.97 Å². The number of hydrogen-bond acceptors (Lipinski definition) is 6. The van der Waals surface area contributed by atoms with Crippen molar-refractivity contribution in [2.24, 2.45) is 0 Å². The molecule has 0 atom stereocenters. The number of hydrogen-bond donors (Lipinski definition) is 0. The van der Waals surface area contributed by atoms with Gasteiger partial charge in [-0.1, -0.05) is 18.2 Å². The standard InChI is InChI=1S/C16H13NO5S/c1-23(19,20)12-6-4-5-11(9-12)16(18)21-10-15-17-13-7-2-3-8-14(13)22-15/h2-9H,10H2,1H3. The van der Waals surface area contributed by atoms with Crippen LogP contribution < -0.4 is 0 Å². The monoisotopic (exact) mass is 331 g/mol. The molecule has 0 bridgehead atoms. The third-order valence-electron chi connectivity index (χ3n) is 3.16. The van der Waals surface area contributed by atoms with Crippen molar-refractivity contribution in [2.45, 2.75) is 11.5 Å². The summed E-state index contributed by atoms with van der Waals surface area (Å²) in [6.45, 7) is -0.128. The van der Waals surface area contributed by atoms with Crippen LogP contribution in [0, 0.1) is 0 Å². The lowest BCUT2D eigenvalue weighted by molar-refractivity contribution is 0.0440. The van der Waals surface area contributed by atoms with E-state index >= 15 is 0 Å². The summed E-state index contributed by atoms with van der Waals surface area (Å²) in [5.74, 6) is -0.364. The van der Waals surface area contributed by atoms with E-state index in [4.69, 9.17) is 9.15 Å². The maximum atomic E-state index is 12.0. The maximum Gasteiger partial charge on any atom is 0.338 e. The van der Waals surface area contributed by atoms with Crippen LogP contribution in [0.4, 0.5) is 0 Å². The highest BCUT2D eigenvalue weighted by molar-refractivity contribution is 7.90. The van der Waals surface area contributed by atoms with Gasteiger partial charge in [-0.2, -0.15) is 0 Å². The molecular formula is C16H13NO5S. The van der Waals surface area contributed by atoms with Crippen molar-refractivity contribution in [3.8, 4) is 0 Å². The second-order valence-electron chi connectivity index (χ2n) is 4.95. The van der Waals surface area contributed by atoms with E-state index < -0.39 is 15.8 Å². The lowest BCUT2D eigenvalue weighted by atomic mass is 10.2. The molecule has 1 aromatic heterocycles. The molecule has 0 unspecified atom stereocenters. The summed E-state index contributed by atoms with van der Waals surface area (Å²) < 4.78 is 33.6. The first-order chi connectivity index (χ1) is 10.9. The molecule has 118 valence electrons. The smallest absolute Gasteiger partial charge is 0.338 e. The summed E-state index contributed by atoms with van der Waals surface area (Å²) in [4.78, 5) is 16.3. The van der Waals surface area contributed by atoms with Gasteiger partial charge in [0, 0.05) is 6.26 Å². The Kier molecular flexibility index (Phi) is 3.87. The van der Waals surface area contributed by atoms with E-state index in [1.165, 1.54) is 24.3 Å². The predicted molar refractivity (Wildman–Crippen MR) is 82.7 cm³/mol. The average Bonchev–Trinajstić information content (AvgIpc) is 2.95. The Balaban J connectivity index is 1.74. The normalized spacial score (nSPS) is 11.5. The lowest BCUT2D eigenvalue weighted by Gasteiger charge is -2.04. The molecule has 0 aliphatic rings. The van der Waals surface area contributed by atoms with Gasteiger partial charge in [-0.3, -0.25) is 0 Å². The summed E-state index contributed by atoms with van der Waals surface area (Å²) in [7, 11) is -3.38. The first-order valence-electron chi connectivity index (χ1n) is 6.75. The third kappa shape index (κ3) is 3.40. The molecule has 1 heterocycles. The van der Waals surface area contributed by atoms with E-state index in [2.05, 4.69) is 4.98 Å². The largest absolute Gasteiger partial charge is 0.452 e. The van der Waals surface area contributed by atoms with Gasteiger partial charge in [-0.05, 0) is 30.3 Å². The van der Waals surface area contributed by atoms with Crippen LogP contribution in [-0.4, -0.2) is 25.6 Å². The summed E-state index contributed by atoms with van der Waals surface area (Å²) >= 11 is 0. The predicted octanol–water partition coefficient (Wildman–Crippen LogP) is 2.59. The van der Waals surface area contributed by atoms with Crippen LogP contribution in [0.25, 0.3) is 11.1 Å². The fraction of sp³-hybridized carbons (Fsp3) is 0.125. The van der Waals surface area contributed by atoms with E-state index in [1.54, 1.807) is 12.1 Å². The Morgan fingerprint density at radius 2 is 1.96 bits per heavy atom. The number of rotatable bonds is 4. The molecule has 6 nitrogen and oxygen atoms in total. The molecule has 0 amide bonds. The molecule has 3 aromatic rings. The van der Waals surface area contributed by atoms with Crippen molar-refractivity contribution in [2.75, 3.05) is 6.26 Å². The summed E-state index contributed by atoms with van der Waals surface area (Å²) in [6.07, 6.45) is 1.08. The van der Waals surface area contributed by atoms with E-state index in [1.807, 2.05) is 12.1 Å². The Bertz CT molecular complexity index is 942. The number of aromatic nitrogens is 1. The topological polar surface area (TPSA) is 86.5 Å². The number of benzene rings is 2. The Morgan fingerprint density at radius 3 is 2.70 bits per heavy atom. The number of fused-ring (bicyclic) bond motifs is 1. The van der Waals surface area contributed by atoms with Crippen molar-refractivity contribution in [1.82, 2.24) is 4.98 Å². The molecule has 0 saturated heterocycles. The molecule has 3 rings (SSSR count). The van der Waals surface area contributed by atoms with Gasteiger partial charge in [-0.15, -0.1) is 0 Å². The first kappa shape index (κ1) is 15.2. The average molecular weight is 331 g/mol. The van der Waals surface area contributed by atoms with Crippen LogP contribution in [0.15, 0.2) is 57.8 Å². The minimum atomic E-state index is -3.38. The van der Waals surface area contributed by atoms with Gasteiger partial charge in [0.05, 0.1) is 10.5 Å². The number of sulfone groups is 1. The second-order valence-corrected chi connectivity index (χ2v) is 6.97. The maximum absolute atomic E-state index is 12.0. The second kappa shape index (κ2) is 5.85. The minimum absolute atomic E-state index is 0.0637. The molecular weight excluding hydrogens is 318 g/mol. The fourth-order valence-electron chi connectivity index (χ4n) is 2.05. The van der Waals surface area contributed by atoms with Crippen molar-refractivity contribution < 1.29 is 22.4 Å². The Morgan fingerprint density at radius 1 is 1.17 bits per heavy atom. The van der Waals surface area contributed by atoms with Crippen molar-refractivity contribution in [3.05, 3.63) is 60.0 Å². The fourth-order valence-corrected chi connectivity index (χ4v) is 2.71. The molecule has 0 aliphatic carbocycles. The van der Waals surface area contributed by atoms with Crippen LogP contribution >= 0.6 is 0 Å². The highest BCUT2D eigenvalue weighted by Crippen LogP contribution is 2.16. The number of carbonyl (C=O) groups is 1. The highest BCUT2D eigenvalue weighted by atomic mass is 32.2. The molecule has 2 aromatic carbocycles. The van der Waals surface area contributed by atoms with Crippen LogP contribution in [0.2, 0.25) is 0 Å². The zero-order valence-electron chi connectivity index (χ0n) is 12.2. The molecule has 0 fully saturated rings. The number of nitrogens with zero attached hydrogens (tertiary/aromatic N) is 1. The summed E-state index contributed by atoms with van der Waals surface area (Å²) in [6, 6.07) is 12.9. The van der Waals surface area contributed by atoms with Gasteiger partial charge in [0.2, 0.25) is 5.89 Å². The number of carbonyl (C=O) groups excluding carboxylic acids is 1. The number of para-hydroxylation sites is 2. The van der Waals surface area contributed by atoms with Gasteiger partial charge in [0.1, 0.15) is 5.52 Å². The SMILES string of the molecule is CS(=O)(=O)c1cccc(C(=O)OCc2nc3ccccc3o2)c1. The van der Waals surface area contributed by atoms with Gasteiger partial charge < -0.3 is 9.15 Å². The molecule has 0 N–H and O–H groups in total. The Hall–Kier alpha value is -2.67. The van der Waals surface area contributed by atoms with Crippen LogP contribution in [0.1, 0.15) is 16.2 Å². The van der Waals surface area contributed by atoms with E-state index in [0.29, 0.717) is 11.1 Å². The molecule has 7 heteroatoms. The van der Waals surface area contributed by atoms with Crippen molar-refractivity contribution in [1.29, 1.82) is 0 Å². The lowest BCUT2D eigenvalue weighted by Crippen LogP contribution is -2.07. The number of esters is 1. The van der Waals surface area contributed by atoms with E-state index in [9.17, 15) is 13.2 Å². The molecule has 23 heavy (non-hydrogen) atoms. The first-order valence-corrected chi connectivity index (χ1v) is 8.64. The van der Waals surface area contributed by atoms with Gasteiger partial charge in [0.15, 0.2) is 22.0 Å². The number of oxazole rings is 1. The molecule has 0 radical (unpaired) electrons.